The molecule has 0 radical (unpaired) electrons. The van der Waals surface area contributed by atoms with E-state index in [-0.39, 0.29) is 0 Å². The molecule has 0 aliphatic heterocycles. The van der Waals surface area contributed by atoms with Crippen LogP contribution < -0.4 is 0 Å². The molecule has 0 amide bonds. The zero-order valence-electron chi connectivity index (χ0n) is 14.5. The molecule has 3 unspecified atom stereocenters. The van der Waals surface area contributed by atoms with Gasteiger partial charge in [-0.3, -0.25) is 0 Å². The highest BCUT2D eigenvalue weighted by Crippen LogP contribution is 2.51. The minimum absolute atomic E-state index is 0.556. The third kappa shape index (κ3) is 3.15. The van der Waals surface area contributed by atoms with E-state index in [0.717, 1.165) is 29.6 Å². The highest BCUT2D eigenvalue weighted by Gasteiger charge is 2.41. The Morgan fingerprint density at radius 2 is 1.65 bits per heavy atom. The molecule has 116 valence electrons. The van der Waals surface area contributed by atoms with Crippen LogP contribution >= 0.6 is 0 Å². The summed E-state index contributed by atoms with van der Waals surface area (Å²) in [5.41, 5.74) is 2.01. The summed E-state index contributed by atoms with van der Waals surface area (Å²) in [5, 5.41) is 0. The Balaban J connectivity index is 1.98. The quantitative estimate of drug-likeness (QED) is 0.516. The van der Waals surface area contributed by atoms with Crippen molar-refractivity contribution < 1.29 is 0 Å². The number of hydrogen-bond acceptors (Lipinski definition) is 0. The van der Waals surface area contributed by atoms with E-state index in [0.29, 0.717) is 5.41 Å². The van der Waals surface area contributed by atoms with Gasteiger partial charge in [-0.05, 0) is 80.5 Å². The predicted molar refractivity (Wildman–Crippen MR) is 89.7 cm³/mol. The van der Waals surface area contributed by atoms with E-state index >= 15 is 0 Å². The first-order valence-electron chi connectivity index (χ1n) is 9.02. The fraction of sp³-hybridized carbons (Fsp3) is 0.900. The largest absolute Gasteiger partial charge is 0.0999 e. The Labute approximate surface area is 127 Å². The van der Waals surface area contributed by atoms with Gasteiger partial charge in [-0.2, -0.15) is 0 Å². The zero-order valence-corrected chi connectivity index (χ0v) is 14.5. The molecule has 2 aliphatic carbocycles. The average molecular weight is 277 g/mol. The van der Waals surface area contributed by atoms with Crippen LogP contribution in [0, 0.1) is 35.0 Å². The summed E-state index contributed by atoms with van der Waals surface area (Å²) in [4.78, 5) is 0. The summed E-state index contributed by atoms with van der Waals surface area (Å²) in [6, 6.07) is 0. The van der Waals surface area contributed by atoms with Gasteiger partial charge in [0, 0.05) is 0 Å². The first-order valence-corrected chi connectivity index (χ1v) is 9.02. The minimum Gasteiger partial charge on any atom is -0.0999 e. The maximum absolute atomic E-state index is 4.28. The second-order valence-corrected chi connectivity index (χ2v) is 8.54. The van der Waals surface area contributed by atoms with Gasteiger partial charge in [0.1, 0.15) is 0 Å². The van der Waals surface area contributed by atoms with E-state index in [9.17, 15) is 0 Å². The van der Waals surface area contributed by atoms with Crippen LogP contribution in [0.1, 0.15) is 79.6 Å². The molecule has 0 saturated heterocycles. The Kier molecular flexibility index (Phi) is 5.03. The standard InChI is InChI=1S/C20H36/c1-7-20(5,6)17-11-9-16(10-12-17)19-15(4)8-13-18(19)14(2)3/h15-19H,2,7-13H2,1,3-6H3. The van der Waals surface area contributed by atoms with Gasteiger partial charge < -0.3 is 0 Å². The Bertz CT molecular complexity index is 330. The van der Waals surface area contributed by atoms with Gasteiger partial charge in [-0.25, -0.2) is 0 Å². The van der Waals surface area contributed by atoms with Crippen molar-refractivity contribution in [3.8, 4) is 0 Å². The normalized spacial score (nSPS) is 39.0. The van der Waals surface area contributed by atoms with Crippen LogP contribution in [0.15, 0.2) is 12.2 Å². The predicted octanol–water partition coefficient (Wildman–Crippen LogP) is 6.47. The molecule has 2 saturated carbocycles. The van der Waals surface area contributed by atoms with Gasteiger partial charge in [0.25, 0.3) is 0 Å². The minimum atomic E-state index is 0.556. The molecule has 0 bridgehead atoms. The Morgan fingerprint density at radius 3 is 2.15 bits per heavy atom. The molecule has 0 aromatic heterocycles. The van der Waals surface area contributed by atoms with Crippen LogP contribution in [0.4, 0.5) is 0 Å². The van der Waals surface area contributed by atoms with Crippen molar-refractivity contribution in [3.63, 3.8) is 0 Å². The first kappa shape index (κ1) is 16.1. The van der Waals surface area contributed by atoms with Crippen molar-refractivity contribution in [1.29, 1.82) is 0 Å². The Morgan fingerprint density at radius 1 is 1.05 bits per heavy atom. The number of allylic oxidation sites excluding steroid dienone is 1. The summed E-state index contributed by atoms with van der Waals surface area (Å²) in [6.07, 6.45) is 10.1. The summed E-state index contributed by atoms with van der Waals surface area (Å²) in [5.74, 6) is 4.64. The lowest BCUT2D eigenvalue weighted by Crippen LogP contribution is -2.32. The molecule has 2 aliphatic rings. The summed E-state index contributed by atoms with van der Waals surface area (Å²) in [7, 11) is 0. The third-order valence-corrected chi connectivity index (χ3v) is 7.02. The van der Waals surface area contributed by atoms with Gasteiger partial charge in [-0.15, -0.1) is 0 Å². The van der Waals surface area contributed by atoms with Crippen LogP contribution in [0.2, 0.25) is 0 Å². The molecule has 0 nitrogen and oxygen atoms in total. The van der Waals surface area contributed by atoms with Crippen molar-refractivity contribution in [2.45, 2.75) is 79.6 Å². The topological polar surface area (TPSA) is 0 Å². The summed E-state index contributed by atoms with van der Waals surface area (Å²) in [6.45, 7) is 16.4. The average Bonchev–Trinajstić information content (AvgIpc) is 2.81. The zero-order chi connectivity index (χ0) is 14.9. The van der Waals surface area contributed by atoms with Gasteiger partial charge in [-0.1, -0.05) is 46.3 Å². The fourth-order valence-electron chi connectivity index (χ4n) is 5.17. The summed E-state index contributed by atoms with van der Waals surface area (Å²) >= 11 is 0. The van der Waals surface area contributed by atoms with E-state index in [4.69, 9.17) is 0 Å². The van der Waals surface area contributed by atoms with Crippen LogP contribution in [-0.4, -0.2) is 0 Å². The molecule has 0 N–H and O–H groups in total. The molecule has 2 fully saturated rings. The highest BCUT2D eigenvalue weighted by molar-refractivity contribution is 5.05. The van der Waals surface area contributed by atoms with Crippen LogP contribution in [-0.2, 0) is 0 Å². The van der Waals surface area contributed by atoms with Crippen molar-refractivity contribution in [2.75, 3.05) is 0 Å². The molecule has 2 rings (SSSR count). The van der Waals surface area contributed by atoms with E-state index in [1.54, 1.807) is 0 Å². The molecular formula is C20H36. The van der Waals surface area contributed by atoms with E-state index in [1.165, 1.54) is 50.5 Å². The van der Waals surface area contributed by atoms with Crippen LogP contribution in [0.3, 0.4) is 0 Å². The lowest BCUT2D eigenvalue weighted by molar-refractivity contribution is 0.0895. The van der Waals surface area contributed by atoms with E-state index in [1.807, 2.05) is 0 Å². The van der Waals surface area contributed by atoms with Crippen molar-refractivity contribution in [2.24, 2.45) is 35.0 Å². The lowest BCUT2D eigenvalue weighted by Gasteiger charge is -2.42. The van der Waals surface area contributed by atoms with Crippen molar-refractivity contribution in [3.05, 3.63) is 12.2 Å². The molecule has 3 atom stereocenters. The second kappa shape index (κ2) is 6.24. The molecular weight excluding hydrogens is 240 g/mol. The molecule has 0 spiro atoms. The SMILES string of the molecule is C=C(C)C1CCC(C)C1C1CCC(C(C)(C)CC)CC1. The van der Waals surface area contributed by atoms with Gasteiger partial charge in [0.15, 0.2) is 0 Å². The van der Waals surface area contributed by atoms with Crippen molar-refractivity contribution in [1.82, 2.24) is 0 Å². The number of hydrogen-bond donors (Lipinski definition) is 0. The third-order valence-electron chi connectivity index (χ3n) is 7.02. The smallest absolute Gasteiger partial charge is 0.0175 e. The molecule has 0 aromatic rings. The lowest BCUT2D eigenvalue weighted by atomic mass is 9.63. The maximum Gasteiger partial charge on any atom is -0.0175 e. The number of rotatable bonds is 4. The van der Waals surface area contributed by atoms with Gasteiger partial charge in [0.05, 0.1) is 0 Å². The monoisotopic (exact) mass is 276 g/mol. The van der Waals surface area contributed by atoms with E-state index < -0.39 is 0 Å². The van der Waals surface area contributed by atoms with Crippen LogP contribution in [0.5, 0.6) is 0 Å². The molecule has 0 heterocycles. The Hall–Kier alpha value is -0.260. The van der Waals surface area contributed by atoms with Gasteiger partial charge >= 0.3 is 0 Å². The fourth-order valence-corrected chi connectivity index (χ4v) is 5.17. The second-order valence-electron chi connectivity index (χ2n) is 8.54. The molecule has 0 aromatic carbocycles. The summed E-state index contributed by atoms with van der Waals surface area (Å²) < 4.78 is 0. The highest BCUT2D eigenvalue weighted by atomic mass is 14.5. The molecule has 0 heteroatoms. The van der Waals surface area contributed by atoms with Gasteiger partial charge in [0.2, 0.25) is 0 Å². The maximum atomic E-state index is 4.28. The molecule has 20 heavy (non-hydrogen) atoms. The van der Waals surface area contributed by atoms with Crippen LogP contribution in [0.25, 0.3) is 0 Å². The first-order chi connectivity index (χ1) is 9.36. The van der Waals surface area contributed by atoms with E-state index in [2.05, 4.69) is 41.2 Å². The van der Waals surface area contributed by atoms with Crippen molar-refractivity contribution >= 4 is 0 Å².